The molecule has 21 heavy (non-hydrogen) atoms. The number of hydrogen-bond donors (Lipinski definition) is 1. The zero-order valence-electron chi connectivity index (χ0n) is 10.4. The lowest BCUT2D eigenvalue weighted by molar-refractivity contribution is -0.138. The van der Waals surface area contributed by atoms with Gasteiger partial charge in [0.05, 0.1) is 10.6 Å². The number of benzene rings is 2. The maximum Gasteiger partial charge on any atom is 0.417 e. The Balaban J connectivity index is 2.15. The van der Waals surface area contributed by atoms with Gasteiger partial charge in [0.1, 0.15) is 0 Å². The van der Waals surface area contributed by atoms with Crippen LogP contribution in [0.3, 0.4) is 0 Å². The zero-order chi connectivity index (χ0) is 15.6. The van der Waals surface area contributed by atoms with Crippen LogP contribution in [0.2, 0.25) is 5.02 Å². The highest BCUT2D eigenvalue weighted by Gasteiger charge is 2.33. The highest BCUT2D eigenvalue weighted by molar-refractivity contribution is 9.10. The second-order valence-electron chi connectivity index (χ2n) is 4.29. The van der Waals surface area contributed by atoms with Gasteiger partial charge in [0.25, 0.3) is 0 Å². The van der Waals surface area contributed by atoms with Crippen LogP contribution in [0, 0.1) is 0 Å². The normalized spacial score (nSPS) is 11.5. The van der Waals surface area contributed by atoms with E-state index in [0.717, 1.165) is 16.1 Å². The maximum absolute atomic E-state index is 12.8. The van der Waals surface area contributed by atoms with Crippen molar-refractivity contribution in [3.8, 4) is 0 Å². The predicted octanol–water partition coefficient (Wildman–Crippen LogP) is 6.50. The van der Waals surface area contributed by atoms with E-state index < -0.39 is 11.7 Å². The fourth-order valence-electron chi connectivity index (χ4n) is 1.71. The summed E-state index contributed by atoms with van der Waals surface area (Å²) in [6, 6.07) is 9.40. The molecule has 0 aliphatic heterocycles. The SMILES string of the molecule is FC(F)(F)c1cc(NCc2ccc(Cl)c(Br)c2)ccc1Br. The Morgan fingerprint density at radius 2 is 1.71 bits per heavy atom. The van der Waals surface area contributed by atoms with E-state index in [2.05, 4.69) is 37.2 Å². The molecule has 1 nitrogen and oxygen atoms in total. The van der Waals surface area contributed by atoms with Gasteiger partial charge in [-0.25, -0.2) is 0 Å². The average Bonchev–Trinajstić information content (AvgIpc) is 2.40. The lowest BCUT2D eigenvalue weighted by atomic mass is 10.1. The van der Waals surface area contributed by atoms with Crippen molar-refractivity contribution in [2.75, 3.05) is 5.32 Å². The second kappa shape index (κ2) is 6.58. The molecule has 0 spiro atoms. The summed E-state index contributed by atoms with van der Waals surface area (Å²) in [5.41, 5.74) is 0.601. The van der Waals surface area contributed by atoms with Crippen molar-refractivity contribution in [3.63, 3.8) is 0 Å². The van der Waals surface area contributed by atoms with Crippen LogP contribution in [-0.4, -0.2) is 0 Å². The Bertz CT molecular complexity index is 659. The topological polar surface area (TPSA) is 12.0 Å². The molecule has 0 radical (unpaired) electrons. The van der Waals surface area contributed by atoms with Gasteiger partial charge in [-0.05, 0) is 51.8 Å². The van der Waals surface area contributed by atoms with Gasteiger partial charge in [0, 0.05) is 21.2 Å². The molecule has 2 aromatic carbocycles. The van der Waals surface area contributed by atoms with Crippen molar-refractivity contribution < 1.29 is 13.2 Å². The summed E-state index contributed by atoms with van der Waals surface area (Å²) >= 11 is 12.1. The molecule has 0 aliphatic rings. The quantitative estimate of drug-likeness (QED) is 0.571. The molecule has 2 aromatic rings. The first-order chi connectivity index (χ1) is 9.77. The Kier molecular flexibility index (Phi) is 5.22. The lowest BCUT2D eigenvalue weighted by Crippen LogP contribution is -2.07. The van der Waals surface area contributed by atoms with Crippen LogP contribution in [0.4, 0.5) is 18.9 Å². The molecule has 112 valence electrons. The second-order valence-corrected chi connectivity index (χ2v) is 6.41. The number of nitrogens with one attached hydrogen (secondary N) is 1. The minimum absolute atomic E-state index is 0.0230. The first-order valence-electron chi connectivity index (χ1n) is 5.82. The molecule has 0 unspecified atom stereocenters. The minimum Gasteiger partial charge on any atom is -0.381 e. The summed E-state index contributed by atoms with van der Waals surface area (Å²) in [6.07, 6.45) is -4.39. The summed E-state index contributed by atoms with van der Waals surface area (Å²) in [7, 11) is 0. The molecule has 0 fully saturated rings. The fraction of sp³-hybridized carbons (Fsp3) is 0.143. The van der Waals surface area contributed by atoms with Crippen LogP contribution in [0.5, 0.6) is 0 Å². The van der Waals surface area contributed by atoms with Crippen LogP contribution < -0.4 is 5.32 Å². The van der Waals surface area contributed by atoms with Gasteiger partial charge in [0.15, 0.2) is 0 Å². The number of alkyl halides is 3. The first-order valence-corrected chi connectivity index (χ1v) is 7.78. The van der Waals surface area contributed by atoms with Gasteiger partial charge in [-0.2, -0.15) is 13.2 Å². The van der Waals surface area contributed by atoms with Crippen molar-refractivity contribution in [2.24, 2.45) is 0 Å². The van der Waals surface area contributed by atoms with Crippen molar-refractivity contribution in [2.45, 2.75) is 12.7 Å². The molecule has 7 heteroatoms. The van der Waals surface area contributed by atoms with Crippen LogP contribution >= 0.6 is 43.5 Å². The summed E-state index contributed by atoms with van der Waals surface area (Å²) in [4.78, 5) is 0. The van der Waals surface area contributed by atoms with Crippen LogP contribution in [0.1, 0.15) is 11.1 Å². The highest BCUT2D eigenvalue weighted by atomic mass is 79.9. The molecule has 0 atom stereocenters. The van der Waals surface area contributed by atoms with Gasteiger partial charge in [0.2, 0.25) is 0 Å². The minimum atomic E-state index is -4.39. The molecule has 0 saturated heterocycles. The van der Waals surface area contributed by atoms with E-state index in [1.54, 1.807) is 12.1 Å². The highest BCUT2D eigenvalue weighted by Crippen LogP contribution is 2.36. The molecular formula is C14H9Br2ClF3N. The summed E-state index contributed by atoms with van der Waals surface area (Å²) in [5, 5.41) is 3.55. The van der Waals surface area contributed by atoms with E-state index in [1.807, 2.05) is 12.1 Å². The summed E-state index contributed by atoms with van der Waals surface area (Å²) in [6.45, 7) is 0.398. The standard InChI is InChI=1S/C14H9Br2ClF3N/c15-11-3-2-9(6-10(11)14(18,19)20)21-7-8-1-4-13(17)12(16)5-8/h1-6,21H,7H2. The Hall–Kier alpha value is -0.720. The Labute approximate surface area is 141 Å². The summed E-state index contributed by atoms with van der Waals surface area (Å²) < 4.78 is 39.2. The Morgan fingerprint density at radius 3 is 2.33 bits per heavy atom. The monoisotopic (exact) mass is 441 g/mol. The molecule has 2 rings (SSSR count). The van der Waals surface area contributed by atoms with E-state index in [9.17, 15) is 13.2 Å². The average molecular weight is 443 g/mol. The molecule has 0 aromatic heterocycles. The number of rotatable bonds is 3. The van der Waals surface area contributed by atoms with E-state index in [-0.39, 0.29) is 4.47 Å². The zero-order valence-corrected chi connectivity index (χ0v) is 14.4. The van der Waals surface area contributed by atoms with Gasteiger partial charge in [-0.3, -0.25) is 0 Å². The van der Waals surface area contributed by atoms with Crippen molar-refractivity contribution in [3.05, 3.63) is 61.5 Å². The molecule has 0 aliphatic carbocycles. The van der Waals surface area contributed by atoms with Gasteiger partial charge in [-0.15, -0.1) is 0 Å². The van der Waals surface area contributed by atoms with Gasteiger partial charge >= 0.3 is 6.18 Å². The fourth-order valence-corrected chi connectivity index (χ4v) is 2.72. The largest absolute Gasteiger partial charge is 0.417 e. The van der Waals surface area contributed by atoms with Crippen LogP contribution in [0.15, 0.2) is 45.3 Å². The molecule has 1 N–H and O–H groups in total. The van der Waals surface area contributed by atoms with Crippen LogP contribution in [-0.2, 0) is 12.7 Å². The van der Waals surface area contributed by atoms with Crippen molar-refractivity contribution >= 4 is 49.1 Å². The predicted molar refractivity (Wildman–Crippen MR) is 85.6 cm³/mol. The summed E-state index contributed by atoms with van der Waals surface area (Å²) in [5.74, 6) is 0. The van der Waals surface area contributed by atoms with Crippen LogP contribution in [0.25, 0.3) is 0 Å². The van der Waals surface area contributed by atoms with Crippen molar-refractivity contribution in [1.82, 2.24) is 0 Å². The van der Waals surface area contributed by atoms with E-state index in [4.69, 9.17) is 11.6 Å². The third-order valence-electron chi connectivity index (χ3n) is 2.75. The number of halogens is 6. The molecule has 0 saturated carbocycles. The molecular weight excluding hydrogens is 434 g/mol. The molecule has 0 bridgehead atoms. The molecule has 0 amide bonds. The number of hydrogen-bond acceptors (Lipinski definition) is 1. The van der Waals surface area contributed by atoms with E-state index in [0.29, 0.717) is 17.3 Å². The van der Waals surface area contributed by atoms with Crippen molar-refractivity contribution in [1.29, 1.82) is 0 Å². The first kappa shape index (κ1) is 16.6. The van der Waals surface area contributed by atoms with E-state index in [1.165, 1.54) is 6.07 Å². The lowest BCUT2D eigenvalue weighted by Gasteiger charge is -2.13. The third-order valence-corrected chi connectivity index (χ3v) is 4.66. The smallest absolute Gasteiger partial charge is 0.381 e. The van der Waals surface area contributed by atoms with Gasteiger partial charge < -0.3 is 5.32 Å². The number of anilines is 1. The van der Waals surface area contributed by atoms with Gasteiger partial charge in [-0.1, -0.05) is 33.6 Å². The van der Waals surface area contributed by atoms with E-state index >= 15 is 0 Å². The maximum atomic E-state index is 12.8. The Morgan fingerprint density at radius 1 is 1.00 bits per heavy atom. The molecule has 0 heterocycles. The third kappa shape index (κ3) is 4.37.